The van der Waals surface area contributed by atoms with Gasteiger partial charge in [-0.25, -0.2) is 0 Å². The number of hydrogen-bond acceptors (Lipinski definition) is 3. The monoisotopic (exact) mass is 301 g/mol. The van der Waals surface area contributed by atoms with E-state index >= 15 is 0 Å². The van der Waals surface area contributed by atoms with E-state index in [0.717, 1.165) is 30.5 Å². The van der Waals surface area contributed by atoms with E-state index in [0.29, 0.717) is 6.42 Å². The van der Waals surface area contributed by atoms with Crippen molar-refractivity contribution < 1.29 is 14.1 Å². The summed E-state index contributed by atoms with van der Waals surface area (Å²) < 4.78 is 12.3. The average molecular weight is 301 g/mol. The SMILES string of the molecule is CC1(C)OB(c2ccccc2N2CCCCC2=O)OC1(C)C. The molecule has 118 valence electrons. The van der Waals surface area contributed by atoms with E-state index in [9.17, 15) is 4.79 Å². The highest BCUT2D eigenvalue weighted by molar-refractivity contribution is 6.64. The zero-order chi connectivity index (χ0) is 16.0. The lowest BCUT2D eigenvalue weighted by molar-refractivity contribution is -0.119. The first-order valence-electron chi connectivity index (χ1n) is 8.07. The highest BCUT2D eigenvalue weighted by Gasteiger charge is 2.52. The van der Waals surface area contributed by atoms with Crippen LogP contribution in [0.5, 0.6) is 0 Å². The van der Waals surface area contributed by atoms with Crippen molar-refractivity contribution in [2.45, 2.75) is 58.2 Å². The first-order valence-corrected chi connectivity index (χ1v) is 8.07. The first-order chi connectivity index (χ1) is 10.3. The van der Waals surface area contributed by atoms with E-state index in [4.69, 9.17) is 9.31 Å². The Labute approximate surface area is 132 Å². The number of para-hydroxylation sites is 1. The van der Waals surface area contributed by atoms with Crippen molar-refractivity contribution in [2.24, 2.45) is 0 Å². The number of piperidine rings is 1. The molecule has 5 heteroatoms. The summed E-state index contributed by atoms with van der Waals surface area (Å²) in [7, 11) is -0.434. The van der Waals surface area contributed by atoms with Gasteiger partial charge in [0.1, 0.15) is 0 Å². The summed E-state index contributed by atoms with van der Waals surface area (Å²) in [6.07, 6.45) is 2.65. The molecule has 0 atom stereocenters. The molecule has 1 aromatic carbocycles. The Balaban J connectivity index is 1.94. The third-order valence-corrected chi connectivity index (χ3v) is 5.06. The molecule has 0 aliphatic carbocycles. The molecule has 0 N–H and O–H groups in total. The minimum atomic E-state index is -0.434. The predicted molar refractivity (Wildman–Crippen MR) is 88.4 cm³/mol. The molecule has 2 fully saturated rings. The zero-order valence-corrected chi connectivity index (χ0v) is 13.9. The summed E-state index contributed by atoms with van der Waals surface area (Å²) in [4.78, 5) is 14.1. The molecular formula is C17H24BNO3. The van der Waals surface area contributed by atoms with E-state index < -0.39 is 7.12 Å². The molecule has 3 rings (SSSR count). The van der Waals surface area contributed by atoms with Crippen LogP contribution in [-0.2, 0) is 14.1 Å². The second-order valence-corrected chi connectivity index (χ2v) is 7.15. The van der Waals surface area contributed by atoms with E-state index in [-0.39, 0.29) is 17.1 Å². The quantitative estimate of drug-likeness (QED) is 0.788. The van der Waals surface area contributed by atoms with E-state index in [1.165, 1.54) is 0 Å². The number of anilines is 1. The van der Waals surface area contributed by atoms with Crippen LogP contribution in [0.25, 0.3) is 0 Å². The second-order valence-electron chi connectivity index (χ2n) is 7.15. The standard InChI is InChI=1S/C17H24BNO3/c1-16(2)17(3,4)22-18(21-16)13-9-5-6-10-14(13)19-12-8-7-11-15(19)20/h5-6,9-10H,7-8,11-12H2,1-4H3. The van der Waals surface area contributed by atoms with Crippen LogP contribution in [0.3, 0.4) is 0 Å². The Hall–Kier alpha value is -1.33. The fraction of sp³-hybridized carbons (Fsp3) is 0.588. The van der Waals surface area contributed by atoms with Gasteiger partial charge in [0.15, 0.2) is 0 Å². The molecule has 0 aromatic heterocycles. The number of nitrogens with zero attached hydrogens (tertiary/aromatic N) is 1. The van der Waals surface area contributed by atoms with Crippen molar-refractivity contribution in [1.29, 1.82) is 0 Å². The number of carbonyl (C=O) groups is 1. The third-order valence-electron chi connectivity index (χ3n) is 5.06. The normalized spacial score (nSPS) is 23.9. The van der Waals surface area contributed by atoms with Gasteiger partial charge in [0, 0.05) is 24.1 Å². The largest absolute Gasteiger partial charge is 0.496 e. The van der Waals surface area contributed by atoms with Gasteiger partial charge in [-0.15, -0.1) is 0 Å². The molecular weight excluding hydrogens is 277 g/mol. The van der Waals surface area contributed by atoms with Gasteiger partial charge in [-0.3, -0.25) is 4.79 Å². The van der Waals surface area contributed by atoms with Crippen molar-refractivity contribution in [2.75, 3.05) is 11.4 Å². The van der Waals surface area contributed by atoms with Crippen LogP contribution in [0.1, 0.15) is 47.0 Å². The van der Waals surface area contributed by atoms with Gasteiger partial charge >= 0.3 is 7.12 Å². The smallest absolute Gasteiger partial charge is 0.399 e. The summed E-state index contributed by atoms with van der Waals surface area (Å²) in [5.74, 6) is 0.190. The van der Waals surface area contributed by atoms with Crippen LogP contribution >= 0.6 is 0 Å². The lowest BCUT2D eigenvalue weighted by Gasteiger charge is -2.32. The van der Waals surface area contributed by atoms with Crippen LogP contribution in [-0.4, -0.2) is 30.8 Å². The molecule has 0 bridgehead atoms. The maximum absolute atomic E-state index is 12.3. The third kappa shape index (κ3) is 2.57. The summed E-state index contributed by atoms with van der Waals surface area (Å²) >= 11 is 0. The molecule has 0 radical (unpaired) electrons. The Bertz CT molecular complexity index is 569. The fourth-order valence-electron chi connectivity index (χ4n) is 2.96. The molecule has 2 saturated heterocycles. The lowest BCUT2D eigenvalue weighted by Crippen LogP contribution is -2.43. The van der Waals surface area contributed by atoms with Crippen molar-refractivity contribution in [1.82, 2.24) is 0 Å². The first kappa shape index (κ1) is 15.6. The Morgan fingerprint density at radius 2 is 1.68 bits per heavy atom. The Morgan fingerprint density at radius 3 is 2.32 bits per heavy atom. The zero-order valence-electron chi connectivity index (χ0n) is 13.9. The summed E-state index contributed by atoms with van der Waals surface area (Å²) in [6, 6.07) is 7.92. The molecule has 0 unspecified atom stereocenters. The Kier molecular flexibility index (Phi) is 3.81. The maximum Gasteiger partial charge on any atom is 0.496 e. The molecule has 2 heterocycles. The van der Waals surface area contributed by atoms with E-state index in [1.807, 2.05) is 56.9 Å². The van der Waals surface area contributed by atoms with Gasteiger partial charge < -0.3 is 14.2 Å². The molecule has 0 spiro atoms. The molecule has 2 aliphatic heterocycles. The minimum Gasteiger partial charge on any atom is -0.399 e. The predicted octanol–water partition coefficient (Wildman–Crippen LogP) is 2.50. The topological polar surface area (TPSA) is 38.8 Å². The number of hydrogen-bond donors (Lipinski definition) is 0. The van der Waals surface area contributed by atoms with Crippen molar-refractivity contribution in [3.63, 3.8) is 0 Å². The highest BCUT2D eigenvalue weighted by atomic mass is 16.7. The average Bonchev–Trinajstić information content (AvgIpc) is 2.68. The molecule has 4 nitrogen and oxygen atoms in total. The maximum atomic E-state index is 12.3. The second kappa shape index (κ2) is 5.39. The molecule has 1 aromatic rings. The number of carbonyl (C=O) groups excluding carboxylic acids is 1. The van der Waals surface area contributed by atoms with Gasteiger partial charge in [0.25, 0.3) is 0 Å². The number of amides is 1. The van der Waals surface area contributed by atoms with Crippen molar-refractivity contribution >= 4 is 24.2 Å². The molecule has 22 heavy (non-hydrogen) atoms. The fourth-order valence-corrected chi connectivity index (χ4v) is 2.96. The van der Waals surface area contributed by atoms with Crippen LogP contribution in [0.2, 0.25) is 0 Å². The Morgan fingerprint density at radius 1 is 1.05 bits per heavy atom. The van der Waals surface area contributed by atoms with E-state index in [1.54, 1.807) is 0 Å². The molecule has 1 amide bonds. The van der Waals surface area contributed by atoms with Gasteiger partial charge in [-0.1, -0.05) is 18.2 Å². The highest BCUT2D eigenvalue weighted by Crippen LogP contribution is 2.37. The van der Waals surface area contributed by atoms with Crippen molar-refractivity contribution in [3.05, 3.63) is 24.3 Å². The van der Waals surface area contributed by atoms with Gasteiger partial charge in [-0.05, 0) is 46.6 Å². The van der Waals surface area contributed by atoms with E-state index in [2.05, 4.69) is 0 Å². The lowest BCUT2D eigenvalue weighted by atomic mass is 9.77. The summed E-state index contributed by atoms with van der Waals surface area (Å²) in [5, 5.41) is 0. The van der Waals surface area contributed by atoms with Crippen LogP contribution in [0, 0.1) is 0 Å². The number of rotatable bonds is 2. The van der Waals surface area contributed by atoms with Crippen molar-refractivity contribution in [3.8, 4) is 0 Å². The molecule has 2 aliphatic rings. The van der Waals surface area contributed by atoms with Gasteiger partial charge in [0.2, 0.25) is 5.91 Å². The molecule has 0 saturated carbocycles. The summed E-state index contributed by atoms with van der Waals surface area (Å²) in [5.41, 5.74) is 1.11. The summed E-state index contributed by atoms with van der Waals surface area (Å²) in [6.45, 7) is 8.95. The van der Waals surface area contributed by atoms with Crippen LogP contribution < -0.4 is 10.4 Å². The van der Waals surface area contributed by atoms with Crippen LogP contribution in [0.15, 0.2) is 24.3 Å². The van der Waals surface area contributed by atoms with Gasteiger partial charge in [0.05, 0.1) is 11.2 Å². The van der Waals surface area contributed by atoms with Crippen LogP contribution in [0.4, 0.5) is 5.69 Å². The number of benzene rings is 1. The minimum absolute atomic E-state index is 0.190. The van der Waals surface area contributed by atoms with Gasteiger partial charge in [-0.2, -0.15) is 0 Å².